The largest absolute Gasteiger partial charge is 0.317 e. The van der Waals surface area contributed by atoms with E-state index >= 15 is 0 Å². The predicted molar refractivity (Wildman–Crippen MR) is 34.2 cm³/mol. The van der Waals surface area contributed by atoms with Gasteiger partial charge in [0.05, 0.1) is 0 Å². The van der Waals surface area contributed by atoms with Gasteiger partial charge in [0.15, 0.2) is 0 Å². The Morgan fingerprint density at radius 2 is 2.22 bits per heavy atom. The van der Waals surface area contributed by atoms with Crippen LogP contribution in [-0.4, -0.2) is 11.2 Å². The summed E-state index contributed by atoms with van der Waals surface area (Å²) in [4.78, 5) is 0. The van der Waals surface area contributed by atoms with Crippen LogP contribution >= 0.6 is 0 Å². The maximum Gasteiger partial charge on any atom is 0.0350 e. The second-order valence-electron chi connectivity index (χ2n) is 3.33. The Morgan fingerprint density at radius 1 is 1.33 bits per heavy atom. The van der Waals surface area contributed by atoms with Crippen LogP contribution in [0.2, 0.25) is 0 Å². The van der Waals surface area contributed by atoms with Crippen molar-refractivity contribution in [1.29, 1.82) is 0 Å². The minimum Gasteiger partial charge on any atom is -0.317 e. The topological polar surface area (TPSA) is 32.3 Å². The van der Waals surface area contributed by atoms with Gasteiger partial charge in [-0.25, -0.2) is 5.48 Å². The lowest BCUT2D eigenvalue weighted by Gasteiger charge is -2.18. The molecule has 2 nitrogen and oxygen atoms in total. The summed E-state index contributed by atoms with van der Waals surface area (Å²) < 4.78 is 0. The molecule has 2 aliphatic carbocycles. The van der Waals surface area contributed by atoms with Crippen LogP contribution in [0.5, 0.6) is 0 Å². The molecule has 2 rings (SSSR count). The summed E-state index contributed by atoms with van der Waals surface area (Å²) in [5.74, 6) is 1.78. The third-order valence-electron chi connectivity index (χ3n) is 2.75. The van der Waals surface area contributed by atoms with Crippen LogP contribution in [0.4, 0.5) is 0 Å². The van der Waals surface area contributed by atoms with E-state index < -0.39 is 0 Å². The zero-order valence-electron chi connectivity index (χ0n) is 5.51. The zero-order valence-corrected chi connectivity index (χ0v) is 5.51. The van der Waals surface area contributed by atoms with Crippen molar-refractivity contribution in [1.82, 2.24) is 5.48 Å². The lowest BCUT2D eigenvalue weighted by Crippen LogP contribution is -2.30. The quantitative estimate of drug-likeness (QED) is 0.518. The number of hydroxylamine groups is 1. The monoisotopic (exact) mass is 127 g/mol. The van der Waals surface area contributed by atoms with Gasteiger partial charge < -0.3 is 5.21 Å². The van der Waals surface area contributed by atoms with E-state index in [1.54, 1.807) is 0 Å². The fraction of sp³-hybridized carbons (Fsp3) is 1.00. The Hall–Kier alpha value is -0.0800. The molecule has 0 aromatic rings. The summed E-state index contributed by atoms with van der Waals surface area (Å²) in [5.41, 5.74) is 2.40. The van der Waals surface area contributed by atoms with Crippen LogP contribution in [0.25, 0.3) is 0 Å². The van der Waals surface area contributed by atoms with Crippen molar-refractivity contribution in [2.24, 2.45) is 11.8 Å². The molecular formula is C7H13NO. The summed E-state index contributed by atoms with van der Waals surface area (Å²) >= 11 is 0. The first-order valence-electron chi connectivity index (χ1n) is 3.81. The highest BCUT2D eigenvalue weighted by Gasteiger charge is 2.44. The molecular weight excluding hydrogens is 114 g/mol. The van der Waals surface area contributed by atoms with Gasteiger partial charge in [-0.3, -0.25) is 0 Å². The lowest BCUT2D eigenvalue weighted by molar-refractivity contribution is 0.1000. The minimum absolute atomic E-state index is 0.434. The second-order valence-corrected chi connectivity index (χ2v) is 3.33. The Balaban J connectivity index is 1.93. The first kappa shape index (κ1) is 5.69. The molecule has 0 radical (unpaired) electrons. The highest BCUT2D eigenvalue weighted by molar-refractivity contribution is 4.96. The summed E-state index contributed by atoms with van der Waals surface area (Å²) in [6.07, 6.45) is 5.25. The number of fused-ring (bicyclic) bond motifs is 1. The van der Waals surface area contributed by atoms with E-state index in [4.69, 9.17) is 5.21 Å². The summed E-state index contributed by atoms with van der Waals surface area (Å²) in [6, 6.07) is 0.434. The van der Waals surface area contributed by atoms with Crippen LogP contribution in [0.15, 0.2) is 0 Å². The molecule has 9 heavy (non-hydrogen) atoms. The normalized spacial score (nSPS) is 48.3. The van der Waals surface area contributed by atoms with Gasteiger partial charge in [-0.15, -0.1) is 0 Å². The molecule has 3 unspecified atom stereocenters. The standard InChI is InChI=1S/C7H13NO/c9-8-7-3-1-2-5-4-6(5)7/h5-9H,1-4H2. The Bertz CT molecular complexity index is 115. The van der Waals surface area contributed by atoms with Crippen LogP contribution in [0.3, 0.4) is 0 Å². The molecule has 2 fully saturated rings. The molecule has 0 aromatic heterocycles. The maximum absolute atomic E-state index is 8.64. The van der Waals surface area contributed by atoms with Gasteiger partial charge in [0, 0.05) is 6.04 Å². The van der Waals surface area contributed by atoms with Crippen molar-refractivity contribution < 1.29 is 5.21 Å². The Labute approximate surface area is 55.2 Å². The molecule has 2 saturated carbocycles. The molecule has 2 aliphatic rings. The summed E-state index contributed by atoms with van der Waals surface area (Å²) in [5, 5.41) is 8.64. The maximum atomic E-state index is 8.64. The molecule has 0 aliphatic heterocycles. The van der Waals surface area contributed by atoms with Gasteiger partial charge in [-0.1, -0.05) is 12.8 Å². The zero-order chi connectivity index (χ0) is 6.27. The van der Waals surface area contributed by atoms with Gasteiger partial charge in [-0.05, 0) is 24.7 Å². The molecule has 0 bridgehead atoms. The van der Waals surface area contributed by atoms with Crippen LogP contribution < -0.4 is 5.48 Å². The fourth-order valence-corrected chi connectivity index (χ4v) is 2.07. The van der Waals surface area contributed by atoms with Gasteiger partial charge in [0.25, 0.3) is 0 Å². The Morgan fingerprint density at radius 3 is 2.89 bits per heavy atom. The first-order valence-corrected chi connectivity index (χ1v) is 3.81. The van der Waals surface area contributed by atoms with Crippen LogP contribution in [0, 0.1) is 11.8 Å². The molecule has 3 atom stereocenters. The van der Waals surface area contributed by atoms with Crippen molar-refractivity contribution in [3.8, 4) is 0 Å². The SMILES string of the molecule is ONC1CCCC2CC21. The lowest BCUT2D eigenvalue weighted by atomic mass is 9.96. The molecule has 2 N–H and O–H groups in total. The first-order chi connectivity index (χ1) is 4.42. The van der Waals surface area contributed by atoms with Crippen molar-refractivity contribution in [2.75, 3.05) is 0 Å². The third-order valence-corrected chi connectivity index (χ3v) is 2.75. The van der Waals surface area contributed by atoms with Gasteiger partial charge in [-0.2, -0.15) is 0 Å². The van der Waals surface area contributed by atoms with Gasteiger partial charge >= 0.3 is 0 Å². The highest BCUT2D eigenvalue weighted by Crippen LogP contribution is 2.49. The van der Waals surface area contributed by atoms with E-state index in [2.05, 4.69) is 5.48 Å². The third kappa shape index (κ3) is 0.864. The van der Waals surface area contributed by atoms with Crippen molar-refractivity contribution >= 4 is 0 Å². The number of rotatable bonds is 1. The predicted octanol–water partition coefficient (Wildman–Crippen LogP) is 1.15. The van der Waals surface area contributed by atoms with E-state index in [0.717, 1.165) is 11.8 Å². The molecule has 0 heterocycles. The van der Waals surface area contributed by atoms with Gasteiger partial charge in [0.2, 0.25) is 0 Å². The van der Waals surface area contributed by atoms with E-state index in [9.17, 15) is 0 Å². The average Bonchev–Trinajstić information content (AvgIpc) is 2.64. The minimum atomic E-state index is 0.434. The molecule has 52 valence electrons. The van der Waals surface area contributed by atoms with E-state index in [-0.39, 0.29) is 0 Å². The van der Waals surface area contributed by atoms with Crippen molar-refractivity contribution in [3.05, 3.63) is 0 Å². The van der Waals surface area contributed by atoms with Gasteiger partial charge in [0.1, 0.15) is 0 Å². The average molecular weight is 127 g/mol. The molecule has 0 spiro atoms. The van der Waals surface area contributed by atoms with Crippen LogP contribution in [-0.2, 0) is 0 Å². The van der Waals surface area contributed by atoms with E-state index in [0.29, 0.717) is 6.04 Å². The van der Waals surface area contributed by atoms with Crippen molar-refractivity contribution in [3.63, 3.8) is 0 Å². The Kier molecular flexibility index (Phi) is 1.24. The molecule has 0 amide bonds. The molecule has 0 aromatic carbocycles. The van der Waals surface area contributed by atoms with Crippen LogP contribution in [0.1, 0.15) is 25.7 Å². The number of hydrogen-bond acceptors (Lipinski definition) is 2. The van der Waals surface area contributed by atoms with E-state index in [1.807, 2.05) is 0 Å². The molecule has 2 heteroatoms. The molecule has 0 saturated heterocycles. The second kappa shape index (κ2) is 1.96. The smallest absolute Gasteiger partial charge is 0.0350 e. The summed E-state index contributed by atoms with van der Waals surface area (Å²) in [6.45, 7) is 0. The van der Waals surface area contributed by atoms with Crippen molar-refractivity contribution in [2.45, 2.75) is 31.7 Å². The summed E-state index contributed by atoms with van der Waals surface area (Å²) in [7, 11) is 0. The number of hydrogen-bond donors (Lipinski definition) is 2. The number of nitrogens with one attached hydrogen (secondary N) is 1. The fourth-order valence-electron chi connectivity index (χ4n) is 2.07. The van der Waals surface area contributed by atoms with E-state index in [1.165, 1.54) is 25.7 Å². The highest BCUT2D eigenvalue weighted by atomic mass is 16.5.